The van der Waals surface area contributed by atoms with E-state index in [1.165, 1.54) is 0 Å². The molecule has 3 aromatic heterocycles. The molecule has 3 N–H and O–H groups in total. The summed E-state index contributed by atoms with van der Waals surface area (Å²) >= 11 is 0. The smallest absolute Gasteiger partial charge is 0.255 e. The molecule has 0 saturated carbocycles. The highest BCUT2D eigenvalue weighted by molar-refractivity contribution is 5.75. The maximum Gasteiger partial charge on any atom is 0.255 e. The van der Waals surface area contributed by atoms with Crippen LogP contribution < -0.4 is 10.5 Å². The molecule has 7 heteroatoms. The van der Waals surface area contributed by atoms with Crippen molar-refractivity contribution in [3.63, 3.8) is 0 Å². The number of pyridine rings is 2. The van der Waals surface area contributed by atoms with Crippen molar-refractivity contribution in [1.82, 2.24) is 19.9 Å². The lowest BCUT2D eigenvalue weighted by Crippen LogP contribution is -2.19. The molecule has 0 saturated heterocycles. The van der Waals surface area contributed by atoms with Gasteiger partial charge in [0.15, 0.2) is 12.4 Å². The van der Waals surface area contributed by atoms with E-state index < -0.39 is 5.91 Å². The number of aromatic nitrogens is 4. The molecular weight excluding hydrogens is 414 g/mol. The maximum atomic E-state index is 10.9. The lowest BCUT2D eigenvalue weighted by atomic mass is 9.85. The highest BCUT2D eigenvalue weighted by Gasteiger charge is 2.22. The number of benzene rings is 1. The van der Waals surface area contributed by atoms with Gasteiger partial charge in [0.2, 0.25) is 0 Å². The monoisotopic (exact) mass is 441 g/mol. The molecule has 33 heavy (non-hydrogen) atoms. The minimum Gasteiger partial charge on any atom is -0.484 e. The van der Waals surface area contributed by atoms with Gasteiger partial charge in [0, 0.05) is 23.5 Å². The number of nitrogens with two attached hydrogens (primary N) is 1. The number of nitrogens with zero attached hydrogens (tertiary/aromatic N) is 3. The largest absolute Gasteiger partial charge is 0.484 e. The Kier molecular flexibility index (Phi) is 5.96. The fraction of sp³-hybridized carbons (Fsp3) is 0.231. The number of H-pyrrole nitrogens is 1. The molecule has 3 heterocycles. The summed E-state index contributed by atoms with van der Waals surface area (Å²) in [5.41, 5.74) is 11.8. The third kappa shape index (κ3) is 5.09. The first-order valence-corrected chi connectivity index (χ1v) is 10.7. The van der Waals surface area contributed by atoms with Crippen LogP contribution in [0.3, 0.4) is 0 Å². The fourth-order valence-corrected chi connectivity index (χ4v) is 3.55. The molecule has 1 amide bonds. The summed E-state index contributed by atoms with van der Waals surface area (Å²) in [7, 11) is 0. The number of imidazole rings is 1. The van der Waals surface area contributed by atoms with E-state index in [-0.39, 0.29) is 12.0 Å². The van der Waals surface area contributed by atoms with Crippen molar-refractivity contribution in [2.24, 2.45) is 5.73 Å². The summed E-state index contributed by atoms with van der Waals surface area (Å²) in [6.07, 6.45) is 5.46. The van der Waals surface area contributed by atoms with E-state index in [4.69, 9.17) is 10.5 Å². The third-order valence-corrected chi connectivity index (χ3v) is 5.23. The number of nitrogens with one attached hydrogen (secondary N) is 1. The first-order valence-electron chi connectivity index (χ1n) is 10.7. The molecular formula is C26H27N5O2. The Morgan fingerprint density at radius 1 is 1.00 bits per heavy atom. The number of carbonyl (C=O) groups is 1. The second-order valence-electron chi connectivity index (χ2n) is 9.01. The van der Waals surface area contributed by atoms with Gasteiger partial charge in [-0.2, -0.15) is 0 Å². The van der Waals surface area contributed by atoms with Gasteiger partial charge in [-0.25, -0.2) is 4.98 Å². The van der Waals surface area contributed by atoms with Crippen molar-refractivity contribution in [1.29, 1.82) is 0 Å². The van der Waals surface area contributed by atoms with E-state index in [0.717, 1.165) is 45.2 Å². The van der Waals surface area contributed by atoms with Crippen LogP contribution in [-0.4, -0.2) is 32.4 Å². The lowest BCUT2D eigenvalue weighted by Gasteiger charge is -2.21. The Morgan fingerprint density at radius 2 is 1.76 bits per heavy atom. The Balaban J connectivity index is 1.62. The molecule has 0 unspecified atom stereocenters. The Bertz CT molecular complexity index is 1290. The van der Waals surface area contributed by atoms with Gasteiger partial charge in [-0.05, 0) is 59.9 Å². The van der Waals surface area contributed by atoms with Gasteiger partial charge in [0.05, 0.1) is 17.6 Å². The molecule has 0 aliphatic rings. The molecule has 0 aliphatic carbocycles. The van der Waals surface area contributed by atoms with Gasteiger partial charge < -0.3 is 15.5 Å². The Morgan fingerprint density at radius 3 is 2.45 bits per heavy atom. The normalized spacial score (nSPS) is 11.4. The summed E-state index contributed by atoms with van der Waals surface area (Å²) in [6.45, 7) is 8.43. The van der Waals surface area contributed by atoms with Crippen LogP contribution in [0, 0.1) is 6.92 Å². The molecule has 7 nitrogen and oxygen atoms in total. The summed E-state index contributed by atoms with van der Waals surface area (Å²) in [4.78, 5) is 28.1. The van der Waals surface area contributed by atoms with Gasteiger partial charge in [-0.1, -0.05) is 26.8 Å². The van der Waals surface area contributed by atoms with Crippen molar-refractivity contribution < 1.29 is 9.53 Å². The average molecular weight is 442 g/mol. The SMILES string of the molecule is Cc1cnc(-c2ncc(-c3ccnc(-c4ccc(OCC(N)=O)cc4)c3)[nH]2)c(C(C)(C)C)c1. The molecule has 0 bridgehead atoms. The molecule has 0 spiro atoms. The summed E-state index contributed by atoms with van der Waals surface area (Å²) in [5, 5.41) is 0. The van der Waals surface area contributed by atoms with Crippen molar-refractivity contribution in [2.75, 3.05) is 6.61 Å². The number of primary amides is 1. The number of carbonyl (C=O) groups excluding carboxylic acids is 1. The van der Waals surface area contributed by atoms with Crippen molar-refractivity contribution in [3.8, 4) is 39.8 Å². The van der Waals surface area contributed by atoms with Crippen LogP contribution in [-0.2, 0) is 10.2 Å². The second kappa shape index (κ2) is 8.86. The zero-order chi connectivity index (χ0) is 23.6. The minimum absolute atomic E-state index is 0.0571. The lowest BCUT2D eigenvalue weighted by molar-refractivity contribution is -0.119. The highest BCUT2D eigenvalue weighted by Crippen LogP contribution is 2.32. The van der Waals surface area contributed by atoms with E-state index in [0.29, 0.717) is 5.75 Å². The Labute approximate surface area is 193 Å². The van der Waals surface area contributed by atoms with Gasteiger partial charge in [-0.15, -0.1) is 0 Å². The maximum absolute atomic E-state index is 10.9. The predicted molar refractivity (Wildman–Crippen MR) is 129 cm³/mol. The average Bonchev–Trinajstić information content (AvgIpc) is 3.28. The van der Waals surface area contributed by atoms with Crippen LogP contribution in [0.25, 0.3) is 34.0 Å². The highest BCUT2D eigenvalue weighted by atomic mass is 16.5. The first kappa shape index (κ1) is 22.2. The van der Waals surface area contributed by atoms with Crippen molar-refractivity contribution in [3.05, 3.63) is 72.2 Å². The molecule has 168 valence electrons. The van der Waals surface area contributed by atoms with Gasteiger partial charge in [-0.3, -0.25) is 14.8 Å². The molecule has 1 aromatic carbocycles. The van der Waals surface area contributed by atoms with Crippen LogP contribution in [0.5, 0.6) is 5.75 Å². The zero-order valence-corrected chi connectivity index (χ0v) is 19.2. The standard InChI is InChI=1S/C26H27N5O2/c1-16-11-20(26(2,3)4)24(29-13-16)25-30-14-22(31-25)18-9-10-28-21(12-18)17-5-7-19(8-6-17)33-15-23(27)32/h5-14H,15H2,1-4H3,(H2,27,32)(H,30,31). The van der Waals surface area contributed by atoms with E-state index >= 15 is 0 Å². The predicted octanol–water partition coefficient (Wildman–Crippen LogP) is 4.67. The van der Waals surface area contributed by atoms with Crippen molar-refractivity contribution in [2.45, 2.75) is 33.1 Å². The third-order valence-electron chi connectivity index (χ3n) is 5.23. The molecule has 0 aliphatic heterocycles. The molecule has 0 atom stereocenters. The number of aryl methyl sites for hydroxylation is 1. The molecule has 0 fully saturated rings. The number of rotatable bonds is 6. The minimum atomic E-state index is -0.511. The fourth-order valence-electron chi connectivity index (χ4n) is 3.55. The number of ether oxygens (including phenoxy) is 1. The van der Waals surface area contributed by atoms with E-state index in [9.17, 15) is 4.79 Å². The van der Waals surface area contributed by atoms with E-state index in [2.05, 4.69) is 53.7 Å². The van der Waals surface area contributed by atoms with Gasteiger partial charge in [0.25, 0.3) is 5.91 Å². The molecule has 4 aromatic rings. The van der Waals surface area contributed by atoms with Crippen LogP contribution in [0.15, 0.2) is 61.1 Å². The van der Waals surface area contributed by atoms with E-state index in [1.807, 2.05) is 36.7 Å². The topological polar surface area (TPSA) is 107 Å². The summed E-state index contributed by atoms with van der Waals surface area (Å²) < 4.78 is 5.32. The van der Waals surface area contributed by atoms with Gasteiger partial charge in [0.1, 0.15) is 11.4 Å². The second-order valence-corrected chi connectivity index (χ2v) is 9.01. The number of hydrogen-bond donors (Lipinski definition) is 2. The van der Waals surface area contributed by atoms with Crippen LogP contribution >= 0.6 is 0 Å². The van der Waals surface area contributed by atoms with Crippen LogP contribution in [0.2, 0.25) is 0 Å². The first-order chi connectivity index (χ1) is 15.7. The molecule has 4 rings (SSSR count). The van der Waals surface area contributed by atoms with Crippen LogP contribution in [0.1, 0.15) is 31.9 Å². The summed E-state index contributed by atoms with van der Waals surface area (Å²) in [6, 6.07) is 13.5. The van der Waals surface area contributed by atoms with Gasteiger partial charge >= 0.3 is 0 Å². The molecule has 0 radical (unpaired) electrons. The number of aromatic amines is 1. The quantitative estimate of drug-likeness (QED) is 0.452. The Hall–Kier alpha value is -4.00. The van der Waals surface area contributed by atoms with E-state index in [1.54, 1.807) is 18.3 Å². The zero-order valence-electron chi connectivity index (χ0n) is 19.2. The number of amides is 1. The number of hydrogen-bond acceptors (Lipinski definition) is 5. The summed E-state index contributed by atoms with van der Waals surface area (Å²) in [5.74, 6) is 0.805. The van der Waals surface area contributed by atoms with Crippen molar-refractivity contribution >= 4 is 5.91 Å². The van der Waals surface area contributed by atoms with Crippen LogP contribution in [0.4, 0.5) is 0 Å².